The van der Waals surface area contributed by atoms with Gasteiger partial charge in [0.2, 0.25) is 0 Å². The summed E-state index contributed by atoms with van der Waals surface area (Å²) in [6.07, 6.45) is 7.83. The van der Waals surface area contributed by atoms with Gasteiger partial charge in [-0.25, -0.2) is 0 Å². The number of ether oxygens (including phenoxy) is 1. The Hall–Kier alpha value is 0.0700. The highest BCUT2D eigenvalue weighted by Crippen LogP contribution is 2.29. The van der Waals surface area contributed by atoms with Crippen molar-refractivity contribution < 1.29 is 14.9 Å². The molecule has 0 aromatic rings. The van der Waals surface area contributed by atoms with Gasteiger partial charge < -0.3 is 26.0 Å². The molecule has 4 aliphatic rings. The molecule has 228 valence electrons. The average molecular weight is 561 g/mol. The van der Waals surface area contributed by atoms with Gasteiger partial charge in [0.25, 0.3) is 0 Å². The summed E-state index contributed by atoms with van der Waals surface area (Å²) in [5.74, 6) is 4.68. The molecule has 8 unspecified atom stereocenters. The highest BCUT2D eigenvalue weighted by molar-refractivity contribution is 7.80. The maximum absolute atomic E-state index is 9.43. The lowest BCUT2D eigenvalue weighted by molar-refractivity contribution is 0.0145. The molecule has 38 heavy (non-hydrogen) atoms. The molecule has 0 radical (unpaired) electrons. The molecule has 0 aromatic heterocycles. The molecule has 4 aliphatic heterocycles. The summed E-state index contributed by atoms with van der Waals surface area (Å²) in [5, 5.41) is 27.9. The highest BCUT2D eigenvalue weighted by Gasteiger charge is 2.26. The lowest BCUT2D eigenvalue weighted by Gasteiger charge is -2.31. The van der Waals surface area contributed by atoms with Gasteiger partial charge in [0.05, 0.1) is 6.17 Å². The molecule has 4 fully saturated rings. The van der Waals surface area contributed by atoms with Crippen molar-refractivity contribution in [2.24, 2.45) is 47.2 Å². The molecule has 7 nitrogen and oxygen atoms in total. The van der Waals surface area contributed by atoms with Crippen molar-refractivity contribution in [2.75, 3.05) is 19.7 Å². The molecule has 8 atom stereocenters. The normalized spacial score (nSPS) is 35.4. The lowest BCUT2D eigenvalue weighted by atomic mass is 9.87. The van der Waals surface area contributed by atoms with Crippen molar-refractivity contribution in [1.29, 1.82) is 0 Å². The Morgan fingerprint density at radius 2 is 1.42 bits per heavy atom. The molecule has 4 rings (SSSR count). The molecule has 0 aromatic carbocycles. The maximum atomic E-state index is 9.43. The van der Waals surface area contributed by atoms with Crippen LogP contribution in [0.4, 0.5) is 0 Å². The van der Waals surface area contributed by atoms with Gasteiger partial charge in [-0.3, -0.25) is 10.6 Å². The van der Waals surface area contributed by atoms with E-state index in [0.29, 0.717) is 35.6 Å². The molecule has 7 N–H and O–H groups in total. The van der Waals surface area contributed by atoms with Crippen molar-refractivity contribution >= 4 is 12.6 Å². The van der Waals surface area contributed by atoms with Crippen LogP contribution in [-0.2, 0) is 4.74 Å². The van der Waals surface area contributed by atoms with E-state index in [0.717, 1.165) is 50.8 Å². The summed E-state index contributed by atoms with van der Waals surface area (Å²) >= 11 is 4.37. The smallest absolute Gasteiger partial charge is 0.107 e. The van der Waals surface area contributed by atoms with Crippen LogP contribution in [0.25, 0.3) is 0 Å². The number of aliphatic hydroxyl groups excluding tert-OH is 2. The van der Waals surface area contributed by atoms with Gasteiger partial charge in [-0.15, -0.1) is 12.6 Å². The fourth-order valence-electron chi connectivity index (χ4n) is 5.63. The average Bonchev–Trinajstić information content (AvgIpc) is 3.49. The van der Waals surface area contributed by atoms with E-state index in [9.17, 15) is 5.11 Å². The van der Waals surface area contributed by atoms with Crippen LogP contribution in [0.15, 0.2) is 0 Å². The molecule has 0 bridgehead atoms. The topological polar surface area (TPSA) is 112 Å². The zero-order valence-corrected chi connectivity index (χ0v) is 26.7. The third kappa shape index (κ3) is 14.1. The van der Waals surface area contributed by atoms with Gasteiger partial charge in [0, 0.05) is 18.6 Å². The summed E-state index contributed by atoms with van der Waals surface area (Å²) in [6, 6.07) is 0.542. The number of piperidine rings is 1. The first-order chi connectivity index (χ1) is 17.8. The SMILES string of the molecule is CC(C)C1CCC(O)N1.CC(C)C1CCCNC1O.CC(C)C1CCCOC1S.CC(C)C1CNC(N)C1. The molecule has 0 aliphatic carbocycles. The van der Waals surface area contributed by atoms with E-state index in [1.165, 1.54) is 25.7 Å². The molecule has 0 saturated carbocycles. The van der Waals surface area contributed by atoms with Crippen LogP contribution in [0, 0.1) is 41.4 Å². The molecule has 4 heterocycles. The minimum absolute atomic E-state index is 0.189. The molecular formula is C30H64N4O3S. The predicted octanol–water partition coefficient (Wildman–Crippen LogP) is 4.53. The van der Waals surface area contributed by atoms with Gasteiger partial charge in [0.1, 0.15) is 17.9 Å². The van der Waals surface area contributed by atoms with Crippen molar-refractivity contribution in [3.05, 3.63) is 0 Å². The minimum atomic E-state index is -0.256. The summed E-state index contributed by atoms with van der Waals surface area (Å²) in [4.78, 5) is 0. The number of aliphatic hydroxyl groups is 2. The Labute approximate surface area is 240 Å². The molecular weight excluding hydrogens is 496 g/mol. The first-order valence-corrected chi connectivity index (χ1v) is 16.0. The number of nitrogens with two attached hydrogens (primary N) is 1. The van der Waals surface area contributed by atoms with Gasteiger partial charge in [-0.1, -0.05) is 55.4 Å². The molecule has 0 amide bonds. The summed E-state index contributed by atoms with van der Waals surface area (Å²) < 4.78 is 5.42. The first kappa shape index (κ1) is 36.1. The number of thiol groups is 1. The quantitative estimate of drug-likeness (QED) is 0.253. The third-order valence-corrected chi connectivity index (χ3v) is 9.16. The van der Waals surface area contributed by atoms with E-state index < -0.39 is 0 Å². The molecule has 0 spiro atoms. The Kier molecular flexibility index (Phi) is 18.3. The van der Waals surface area contributed by atoms with E-state index in [1.807, 2.05) is 0 Å². The van der Waals surface area contributed by atoms with Crippen molar-refractivity contribution in [2.45, 2.75) is 130 Å². The van der Waals surface area contributed by atoms with Crippen LogP contribution in [0.2, 0.25) is 0 Å². The van der Waals surface area contributed by atoms with Gasteiger partial charge in [-0.2, -0.15) is 0 Å². The summed E-state index contributed by atoms with van der Waals surface area (Å²) in [7, 11) is 0. The van der Waals surface area contributed by atoms with Gasteiger partial charge in [0.15, 0.2) is 0 Å². The minimum Gasteiger partial charge on any atom is -0.379 e. The van der Waals surface area contributed by atoms with Crippen LogP contribution in [0.1, 0.15) is 100 Å². The van der Waals surface area contributed by atoms with Crippen LogP contribution in [0.5, 0.6) is 0 Å². The number of rotatable bonds is 4. The zero-order valence-electron chi connectivity index (χ0n) is 25.8. The van der Waals surface area contributed by atoms with Crippen LogP contribution >= 0.6 is 12.6 Å². The van der Waals surface area contributed by atoms with Gasteiger partial charge >= 0.3 is 0 Å². The second kappa shape index (κ2) is 19.2. The van der Waals surface area contributed by atoms with E-state index >= 15 is 0 Å². The lowest BCUT2D eigenvalue weighted by Crippen LogP contribution is -2.43. The van der Waals surface area contributed by atoms with E-state index in [2.05, 4.69) is 84.0 Å². The van der Waals surface area contributed by atoms with Crippen molar-refractivity contribution in [1.82, 2.24) is 16.0 Å². The monoisotopic (exact) mass is 560 g/mol. The number of nitrogens with one attached hydrogen (secondary N) is 3. The molecule has 8 heteroatoms. The fourth-order valence-corrected chi connectivity index (χ4v) is 6.23. The van der Waals surface area contributed by atoms with Crippen molar-refractivity contribution in [3.63, 3.8) is 0 Å². The van der Waals surface area contributed by atoms with E-state index in [-0.39, 0.29) is 24.1 Å². The van der Waals surface area contributed by atoms with Crippen molar-refractivity contribution in [3.8, 4) is 0 Å². The Morgan fingerprint density at radius 3 is 1.74 bits per heavy atom. The van der Waals surface area contributed by atoms with Crippen LogP contribution in [-0.4, -0.2) is 60.0 Å². The van der Waals surface area contributed by atoms with Gasteiger partial charge in [-0.05, 0) is 93.5 Å². The Balaban J connectivity index is 0.000000254. The number of hydrogen-bond donors (Lipinski definition) is 7. The highest BCUT2D eigenvalue weighted by atomic mass is 32.1. The Morgan fingerprint density at radius 1 is 0.789 bits per heavy atom. The summed E-state index contributed by atoms with van der Waals surface area (Å²) in [6.45, 7) is 20.7. The zero-order chi connectivity index (χ0) is 28.8. The molecule has 4 saturated heterocycles. The largest absolute Gasteiger partial charge is 0.379 e. The van der Waals surface area contributed by atoms with Crippen LogP contribution < -0.4 is 21.7 Å². The first-order valence-electron chi connectivity index (χ1n) is 15.5. The predicted molar refractivity (Wildman–Crippen MR) is 164 cm³/mol. The maximum Gasteiger partial charge on any atom is 0.107 e. The summed E-state index contributed by atoms with van der Waals surface area (Å²) in [5.41, 5.74) is 5.84. The second-order valence-corrected chi connectivity index (χ2v) is 13.6. The van der Waals surface area contributed by atoms with Crippen LogP contribution in [0.3, 0.4) is 0 Å². The Bertz CT molecular complexity index is 546. The van der Waals surface area contributed by atoms with E-state index in [4.69, 9.17) is 15.6 Å². The van der Waals surface area contributed by atoms with E-state index in [1.54, 1.807) is 0 Å². The fraction of sp³-hybridized carbons (Fsp3) is 1.00. The second-order valence-electron chi connectivity index (χ2n) is 13.1. The standard InChI is InChI=1S/C8H17NO.C8H16OS.C7H16N2.C7H15NO/c2*1-6(2)7-4-3-5-9-8(7)10;1-5(2)6-3-7(8)9-4-6;1-5(2)6-3-4-7(9)8-6/h6-10H,3-5H2,1-2H3;6-8,10H,3-5H2,1-2H3;5-7,9H,3-4,8H2,1-2H3;5-9H,3-4H2,1-2H3. The number of hydrogen-bond acceptors (Lipinski definition) is 8. The third-order valence-electron chi connectivity index (χ3n) is 8.63.